The van der Waals surface area contributed by atoms with Gasteiger partial charge in [-0.2, -0.15) is 20.2 Å². The van der Waals surface area contributed by atoms with Crippen molar-refractivity contribution in [2.75, 3.05) is 37.5 Å². The zero-order valence-electron chi connectivity index (χ0n) is 13.9. The molecule has 0 radical (unpaired) electrons. The van der Waals surface area contributed by atoms with Gasteiger partial charge in [-0.1, -0.05) is 26.0 Å². The second kappa shape index (κ2) is 6.63. The quantitative estimate of drug-likeness (QED) is 0.837. The first-order chi connectivity index (χ1) is 10.4. The van der Waals surface area contributed by atoms with E-state index in [1.807, 2.05) is 37.9 Å². The minimum Gasteiger partial charge on any atom is -0.347 e. The number of aromatic nitrogens is 7. The Hall–Kier alpha value is -2.32. The van der Waals surface area contributed by atoms with E-state index in [2.05, 4.69) is 49.4 Å². The number of hydrogen-bond acceptors (Lipinski definition) is 8. The van der Waals surface area contributed by atoms with Gasteiger partial charge < -0.3 is 9.80 Å². The van der Waals surface area contributed by atoms with E-state index in [0.29, 0.717) is 24.3 Å². The number of anilines is 2. The van der Waals surface area contributed by atoms with Crippen molar-refractivity contribution in [3.05, 3.63) is 11.6 Å². The lowest BCUT2D eigenvalue weighted by molar-refractivity contribution is 0.666. The number of hydrogen-bond donors (Lipinski definition) is 1. The predicted octanol–water partition coefficient (Wildman–Crippen LogP) is 0.814. The fraction of sp³-hybridized carbons (Fsp3) is 0.692. The summed E-state index contributed by atoms with van der Waals surface area (Å²) in [4.78, 5) is 17.4. The molecule has 0 saturated carbocycles. The van der Waals surface area contributed by atoms with E-state index in [9.17, 15) is 0 Å². The summed E-state index contributed by atoms with van der Waals surface area (Å²) in [5, 5.41) is 14.1. The normalized spacial score (nSPS) is 12.5. The number of rotatable bonds is 6. The van der Waals surface area contributed by atoms with Crippen molar-refractivity contribution in [3.63, 3.8) is 0 Å². The van der Waals surface area contributed by atoms with Gasteiger partial charge in [0, 0.05) is 39.5 Å². The highest BCUT2D eigenvalue weighted by molar-refractivity contribution is 5.38. The number of aromatic amines is 1. The topological polar surface area (TPSA) is 99.6 Å². The van der Waals surface area contributed by atoms with Crippen LogP contribution in [0.15, 0.2) is 0 Å². The number of H-pyrrole nitrogens is 1. The maximum atomic E-state index is 4.56. The van der Waals surface area contributed by atoms with Gasteiger partial charge in [-0.3, -0.25) is 0 Å². The lowest BCUT2D eigenvalue weighted by Crippen LogP contribution is -2.27. The Kier molecular flexibility index (Phi) is 4.84. The maximum Gasteiger partial charge on any atom is 0.230 e. The number of tetrazole rings is 1. The zero-order valence-corrected chi connectivity index (χ0v) is 13.9. The smallest absolute Gasteiger partial charge is 0.230 e. The Balaban J connectivity index is 2.22. The monoisotopic (exact) mass is 305 g/mol. The molecule has 0 saturated heterocycles. The van der Waals surface area contributed by atoms with E-state index in [1.54, 1.807) is 0 Å². The Bertz CT molecular complexity index is 567. The number of likely N-dealkylation sites (N-methyl/N-ethyl adjacent to an activating group) is 1. The summed E-state index contributed by atoms with van der Waals surface area (Å²) in [6.07, 6.45) is 0. The molecule has 0 unspecified atom stereocenters. The minimum atomic E-state index is 0.117. The molecular weight excluding hydrogens is 282 g/mol. The van der Waals surface area contributed by atoms with Gasteiger partial charge in [0.15, 0.2) is 5.82 Å². The van der Waals surface area contributed by atoms with Crippen molar-refractivity contribution in [2.24, 2.45) is 0 Å². The van der Waals surface area contributed by atoms with E-state index in [0.717, 1.165) is 5.82 Å². The minimum absolute atomic E-state index is 0.117. The maximum absolute atomic E-state index is 4.56. The average Bonchev–Trinajstić information content (AvgIpc) is 3.00. The van der Waals surface area contributed by atoms with Crippen molar-refractivity contribution in [2.45, 2.75) is 32.6 Å². The fourth-order valence-electron chi connectivity index (χ4n) is 1.95. The molecule has 0 aromatic carbocycles. The van der Waals surface area contributed by atoms with Crippen LogP contribution >= 0.6 is 0 Å². The average molecular weight is 305 g/mol. The van der Waals surface area contributed by atoms with Crippen LogP contribution in [0.4, 0.5) is 11.9 Å². The molecule has 2 rings (SSSR count). The second-order valence-electron chi connectivity index (χ2n) is 5.89. The van der Waals surface area contributed by atoms with Gasteiger partial charge in [-0.05, 0) is 0 Å². The van der Waals surface area contributed by atoms with Crippen LogP contribution in [0.3, 0.4) is 0 Å². The van der Waals surface area contributed by atoms with E-state index in [4.69, 9.17) is 0 Å². The van der Waals surface area contributed by atoms with Crippen molar-refractivity contribution < 1.29 is 0 Å². The summed E-state index contributed by atoms with van der Waals surface area (Å²) in [7, 11) is 5.80. The summed E-state index contributed by atoms with van der Waals surface area (Å²) in [6, 6.07) is 0. The van der Waals surface area contributed by atoms with Crippen LogP contribution < -0.4 is 9.80 Å². The molecule has 0 aliphatic rings. The van der Waals surface area contributed by atoms with Crippen LogP contribution in [0, 0.1) is 0 Å². The second-order valence-corrected chi connectivity index (χ2v) is 5.89. The summed E-state index contributed by atoms with van der Waals surface area (Å²) in [5.74, 6) is 3.13. The zero-order chi connectivity index (χ0) is 16.3. The fourth-order valence-corrected chi connectivity index (χ4v) is 1.95. The van der Waals surface area contributed by atoms with Gasteiger partial charge >= 0.3 is 0 Å². The first kappa shape index (κ1) is 16.1. The van der Waals surface area contributed by atoms with Gasteiger partial charge in [0.1, 0.15) is 5.82 Å². The molecule has 0 fully saturated rings. The third-order valence-electron chi connectivity index (χ3n) is 3.24. The number of nitrogens with zero attached hydrogens (tertiary/aromatic N) is 8. The first-order valence-corrected chi connectivity index (χ1v) is 7.26. The van der Waals surface area contributed by atoms with E-state index < -0.39 is 0 Å². The Morgan fingerprint density at radius 1 is 0.955 bits per heavy atom. The van der Waals surface area contributed by atoms with Crippen LogP contribution in [0.25, 0.3) is 0 Å². The molecule has 22 heavy (non-hydrogen) atoms. The standard InChI is InChI=1S/C13H23N9/c1-8(2)10-14-12(21(4)5)16-13(15-10)22(6)7-9(3)11-17-19-20-18-11/h8-9H,7H2,1-6H3,(H,17,18,19,20)/t9-/m0/s1. The third-order valence-corrected chi connectivity index (χ3v) is 3.24. The van der Waals surface area contributed by atoms with Crippen LogP contribution in [0.1, 0.15) is 44.3 Å². The Morgan fingerprint density at radius 2 is 1.64 bits per heavy atom. The third kappa shape index (κ3) is 3.66. The van der Waals surface area contributed by atoms with Crippen LogP contribution in [-0.2, 0) is 0 Å². The van der Waals surface area contributed by atoms with Crippen LogP contribution in [-0.4, -0.2) is 63.3 Å². The molecule has 0 bridgehead atoms. The van der Waals surface area contributed by atoms with Crippen LogP contribution in [0.5, 0.6) is 0 Å². The van der Waals surface area contributed by atoms with Gasteiger partial charge in [0.2, 0.25) is 11.9 Å². The lowest BCUT2D eigenvalue weighted by Gasteiger charge is -2.22. The molecule has 0 amide bonds. The summed E-state index contributed by atoms with van der Waals surface area (Å²) in [5.41, 5.74) is 0. The first-order valence-electron chi connectivity index (χ1n) is 7.26. The molecule has 0 aliphatic heterocycles. The van der Waals surface area contributed by atoms with E-state index in [1.165, 1.54) is 0 Å². The summed E-state index contributed by atoms with van der Waals surface area (Å²) in [6.45, 7) is 6.87. The van der Waals surface area contributed by atoms with Crippen molar-refractivity contribution in [1.29, 1.82) is 0 Å². The van der Waals surface area contributed by atoms with Crippen molar-refractivity contribution in [1.82, 2.24) is 35.6 Å². The highest BCUT2D eigenvalue weighted by Gasteiger charge is 2.18. The number of nitrogens with one attached hydrogen (secondary N) is 1. The SMILES string of the molecule is CC(C)c1nc(N(C)C)nc(N(C)C[C@H](C)c2nn[nH]n2)n1. The lowest BCUT2D eigenvalue weighted by atomic mass is 10.1. The van der Waals surface area contributed by atoms with E-state index in [-0.39, 0.29) is 11.8 Å². The Labute approximate surface area is 130 Å². The molecule has 2 aromatic heterocycles. The molecule has 120 valence electrons. The molecule has 2 heterocycles. The molecule has 2 aromatic rings. The van der Waals surface area contributed by atoms with Crippen LogP contribution in [0.2, 0.25) is 0 Å². The van der Waals surface area contributed by atoms with E-state index >= 15 is 0 Å². The van der Waals surface area contributed by atoms with Gasteiger partial charge in [0.25, 0.3) is 0 Å². The molecule has 0 aliphatic carbocycles. The predicted molar refractivity (Wildman–Crippen MR) is 84.1 cm³/mol. The van der Waals surface area contributed by atoms with Crippen molar-refractivity contribution >= 4 is 11.9 Å². The van der Waals surface area contributed by atoms with Gasteiger partial charge in [-0.15, -0.1) is 10.2 Å². The molecular formula is C13H23N9. The van der Waals surface area contributed by atoms with Crippen molar-refractivity contribution in [3.8, 4) is 0 Å². The molecule has 0 spiro atoms. The highest BCUT2D eigenvalue weighted by atomic mass is 15.5. The highest BCUT2D eigenvalue weighted by Crippen LogP contribution is 2.19. The molecule has 9 nitrogen and oxygen atoms in total. The van der Waals surface area contributed by atoms with Gasteiger partial charge in [0.05, 0.1) is 0 Å². The Morgan fingerprint density at radius 3 is 2.18 bits per heavy atom. The molecule has 1 atom stereocenters. The largest absolute Gasteiger partial charge is 0.347 e. The van der Waals surface area contributed by atoms with Gasteiger partial charge in [-0.25, -0.2) is 0 Å². The summed E-state index contributed by atoms with van der Waals surface area (Å²) < 4.78 is 0. The molecule has 1 N–H and O–H groups in total. The summed E-state index contributed by atoms with van der Waals surface area (Å²) >= 11 is 0. The molecule has 9 heteroatoms.